The molecule has 0 saturated carbocycles. The van der Waals surface area contributed by atoms with Crippen LogP contribution in [0.2, 0.25) is 0 Å². The molecule has 0 radical (unpaired) electrons. The van der Waals surface area contributed by atoms with E-state index >= 15 is 0 Å². The van der Waals surface area contributed by atoms with E-state index in [2.05, 4.69) is 5.32 Å². The second-order valence-corrected chi connectivity index (χ2v) is 3.83. The minimum Gasteiger partial charge on any atom is -0.484 e. The highest BCUT2D eigenvalue weighted by atomic mass is 16.5. The Bertz CT molecular complexity index is 520. The predicted octanol–water partition coefficient (Wildman–Crippen LogP) is 1.10. The van der Waals surface area contributed by atoms with Crippen molar-refractivity contribution in [2.24, 2.45) is 0 Å². The van der Waals surface area contributed by atoms with Gasteiger partial charge in [-0.25, -0.2) is 4.79 Å². The first kappa shape index (κ1) is 14.5. The van der Waals surface area contributed by atoms with E-state index in [0.29, 0.717) is 11.3 Å². The molecule has 0 aliphatic rings. The first-order valence-electron chi connectivity index (χ1n) is 5.65. The average Bonchev–Trinajstić information content (AvgIpc) is 2.37. The van der Waals surface area contributed by atoms with Gasteiger partial charge in [0.1, 0.15) is 5.75 Å². The molecule has 0 saturated heterocycles. The number of aromatic carboxylic acids is 1. The Labute approximate surface area is 110 Å². The molecule has 0 aromatic heterocycles. The smallest absolute Gasteiger partial charge is 0.335 e. The largest absolute Gasteiger partial charge is 0.484 e. The van der Waals surface area contributed by atoms with Gasteiger partial charge in [0.05, 0.1) is 18.1 Å². The maximum absolute atomic E-state index is 11.3. The summed E-state index contributed by atoms with van der Waals surface area (Å²) in [5.41, 5.74) is 0.813. The van der Waals surface area contributed by atoms with Crippen molar-refractivity contribution < 1.29 is 19.4 Å². The van der Waals surface area contributed by atoms with Gasteiger partial charge in [-0.05, 0) is 30.7 Å². The molecule has 1 aromatic rings. The number of benzene rings is 1. The first-order valence-corrected chi connectivity index (χ1v) is 5.65. The van der Waals surface area contributed by atoms with Crippen LogP contribution in [0.15, 0.2) is 18.2 Å². The Balaban J connectivity index is 2.52. The van der Waals surface area contributed by atoms with Gasteiger partial charge in [-0.3, -0.25) is 4.79 Å². The number of hydrogen-bond donors (Lipinski definition) is 2. The van der Waals surface area contributed by atoms with Crippen LogP contribution in [0, 0.1) is 18.3 Å². The van der Waals surface area contributed by atoms with Crippen LogP contribution in [0.5, 0.6) is 5.75 Å². The Morgan fingerprint density at radius 3 is 2.79 bits per heavy atom. The van der Waals surface area contributed by atoms with E-state index in [9.17, 15) is 9.59 Å². The molecule has 0 bridgehead atoms. The number of hydrogen-bond acceptors (Lipinski definition) is 4. The number of ether oxygens (including phenoxy) is 1. The predicted molar refractivity (Wildman–Crippen MR) is 66.9 cm³/mol. The SMILES string of the molecule is Cc1cc(C(=O)O)ccc1OCC(=O)NCCC#N. The van der Waals surface area contributed by atoms with Gasteiger partial charge in [-0.1, -0.05) is 0 Å². The van der Waals surface area contributed by atoms with E-state index in [1.54, 1.807) is 6.92 Å². The maximum atomic E-state index is 11.3. The number of carbonyl (C=O) groups excluding carboxylic acids is 1. The molecule has 1 rings (SSSR count). The third-order valence-electron chi connectivity index (χ3n) is 2.34. The molecule has 6 heteroatoms. The summed E-state index contributed by atoms with van der Waals surface area (Å²) in [5, 5.41) is 19.6. The highest BCUT2D eigenvalue weighted by Crippen LogP contribution is 2.18. The topological polar surface area (TPSA) is 99.4 Å². The molecule has 0 heterocycles. The molecular weight excluding hydrogens is 248 g/mol. The van der Waals surface area contributed by atoms with Crippen LogP contribution in [-0.4, -0.2) is 30.1 Å². The number of amides is 1. The molecule has 0 fully saturated rings. The van der Waals surface area contributed by atoms with E-state index in [1.165, 1.54) is 18.2 Å². The van der Waals surface area contributed by atoms with E-state index in [1.807, 2.05) is 6.07 Å². The van der Waals surface area contributed by atoms with Crippen LogP contribution in [-0.2, 0) is 4.79 Å². The number of carboxylic acid groups (broad SMARTS) is 1. The number of nitrogens with one attached hydrogen (secondary N) is 1. The molecule has 2 N–H and O–H groups in total. The van der Waals surface area contributed by atoms with Gasteiger partial charge in [-0.15, -0.1) is 0 Å². The van der Waals surface area contributed by atoms with Crippen LogP contribution in [0.25, 0.3) is 0 Å². The minimum absolute atomic E-state index is 0.168. The Morgan fingerprint density at radius 1 is 1.47 bits per heavy atom. The van der Waals surface area contributed by atoms with Gasteiger partial charge in [0, 0.05) is 6.54 Å². The maximum Gasteiger partial charge on any atom is 0.335 e. The van der Waals surface area contributed by atoms with E-state index in [4.69, 9.17) is 15.1 Å². The molecule has 0 atom stereocenters. The normalized spacial score (nSPS) is 9.47. The van der Waals surface area contributed by atoms with Gasteiger partial charge in [-0.2, -0.15) is 5.26 Å². The third kappa shape index (κ3) is 4.68. The molecule has 6 nitrogen and oxygen atoms in total. The Kier molecular flexibility index (Phi) is 5.35. The lowest BCUT2D eigenvalue weighted by Crippen LogP contribution is -2.29. The van der Waals surface area contributed by atoms with Crippen LogP contribution in [0.1, 0.15) is 22.3 Å². The summed E-state index contributed by atoms with van der Waals surface area (Å²) < 4.78 is 5.28. The Hall–Kier alpha value is -2.55. The molecule has 0 unspecified atom stereocenters. The van der Waals surface area contributed by atoms with Crippen molar-refractivity contribution in [3.63, 3.8) is 0 Å². The molecular formula is C13H14N2O4. The number of nitrogens with zero attached hydrogens (tertiary/aromatic N) is 1. The van der Waals surface area contributed by atoms with Crippen molar-refractivity contribution in [1.29, 1.82) is 5.26 Å². The fourth-order valence-electron chi connectivity index (χ4n) is 1.40. The second-order valence-electron chi connectivity index (χ2n) is 3.83. The number of rotatable bonds is 6. The minimum atomic E-state index is -1.01. The Morgan fingerprint density at radius 2 is 2.21 bits per heavy atom. The molecule has 19 heavy (non-hydrogen) atoms. The molecule has 100 valence electrons. The zero-order valence-electron chi connectivity index (χ0n) is 10.5. The van der Waals surface area contributed by atoms with Crippen molar-refractivity contribution in [3.05, 3.63) is 29.3 Å². The summed E-state index contributed by atoms with van der Waals surface area (Å²) in [7, 11) is 0. The van der Waals surface area contributed by atoms with E-state index in [-0.39, 0.29) is 31.0 Å². The van der Waals surface area contributed by atoms with E-state index in [0.717, 1.165) is 0 Å². The van der Waals surface area contributed by atoms with Gasteiger partial charge in [0.15, 0.2) is 6.61 Å². The lowest BCUT2D eigenvalue weighted by atomic mass is 10.1. The summed E-state index contributed by atoms with van der Waals surface area (Å²) in [6.07, 6.45) is 0.248. The van der Waals surface area contributed by atoms with Gasteiger partial charge in [0.2, 0.25) is 0 Å². The van der Waals surface area contributed by atoms with E-state index < -0.39 is 5.97 Å². The number of carbonyl (C=O) groups is 2. The second kappa shape index (κ2) is 7.01. The number of aryl methyl sites for hydroxylation is 1. The fraction of sp³-hybridized carbons (Fsp3) is 0.308. The lowest BCUT2D eigenvalue weighted by molar-refractivity contribution is -0.123. The van der Waals surface area contributed by atoms with Crippen LogP contribution >= 0.6 is 0 Å². The van der Waals surface area contributed by atoms with Gasteiger partial charge < -0.3 is 15.2 Å². The van der Waals surface area contributed by atoms with Crippen molar-refractivity contribution in [2.45, 2.75) is 13.3 Å². The highest BCUT2D eigenvalue weighted by Gasteiger charge is 2.08. The summed E-state index contributed by atoms with van der Waals surface area (Å²) in [6.45, 7) is 1.82. The van der Waals surface area contributed by atoms with Crippen LogP contribution in [0.3, 0.4) is 0 Å². The quantitative estimate of drug-likeness (QED) is 0.748. The monoisotopic (exact) mass is 262 g/mol. The summed E-state index contributed by atoms with van der Waals surface area (Å²) in [5.74, 6) is -0.874. The highest BCUT2D eigenvalue weighted by molar-refractivity contribution is 5.88. The van der Waals surface area contributed by atoms with Gasteiger partial charge in [0.25, 0.3) is 5.91 Å². The fourth-order valence-corrected chi connectivity index (χ4v) is 1.40. The molecule has 0 aliphatic heterocycles. The standard InChI is InChI=1S/C13H14N2O4/c1-9-7-10(13(17)18)3-4-11(9)19-8-12(16)15-6-2-5-14/h3-4,7H,2,6,8H2,1H3,(H,15,16)(H,17,18). The summed E-state index contributed by atoms with van der Waals surface area (Å²) >= 11 is 0. The summed E-state index contributed by atoms with van der Waals surface area (Å²) in [4.78, 5) is 22.1. The van der Waals surface area contributed by atoms with Crippen molar-refractivity contribution in [2.75, 3.05) is 13.2 Å². The van der Waals surface area contributed by atoms with Crippen molar-refractivity contribution in [1.82, 2.24) is 5.32 Å². The third-order valence-corrected chi connectivity index (χ3v) is 2.34. The van der Waals surface area contributed by atoms with Crippen LogP contribution in [0.4, 0.5) is 0 Å². The van der Waals surface area contributed by atoms with Gasteiger partial charge >= 0.3 is 5.97 Å². The number of carboxylic acids is 1. The molecule has 1 amide bonds. The zero-order chi connectivity index (χ0) is 14.3. The number of nitriles is 1. The lowest BCUT2D eigenvalue weighted by Gasteiger charge is -2.09. The van der Waals surface area contributed by atoms with Crippen LogP contribution < -0.4 is 10.1 Å². The zero-order valence-corrected chi connectivity index (χ0v) is 10.5. The molecule has 0 spiro atoms. The molecule has 0 aliphatic carbocycles. The summed E-state index contributed by atoms with van der Waals surface area (Å²) in [6, 6.07) is 6.32. The van der Waals surface area contributed by atoms with Crippen molar-refractivity contribution in [3.8, 4) is 11.8 Å². The first-order chi connectivity index (χ1) is 9.04. The van der Waals surface area contributed by atoms with Crippen molar-refractivity contribution >= 4 is 11.9 Å². The average molecular weight is 262 g/mol. The molecule has 1 aromatic carbocycles.